The van der Waals surface area contributed by atoms with Gasteiger partial charge in [0.2, 0.25) is 5.91 Å². The Labute approximate surface area is 150 Å². The van der Waals surface area contributed by atoms with E-state index in [1.807, 2.05) is 18.2 Å². The van der Waals surface area contributed by atoms with Gasteiger partial charge in [-0.2, -0.15) is 0 Å². The Bertz CT molecular complexity index is 763. The number of methoxy groups -OCH3 is 2. The number of anilines is 1. The Morgan fingerprint density at radius 1 is 1.12 bits per heavy atom. The minimum atomic E-state index is -0.578. The van der Waals surface area contributed by atoms with E-state index in [-0.39, 0.29) is 18.8 Å². The highest BCUT2D eigenvalue weighted by Crippen LogP contribution is 2.23. The number of nitrogens with one attached hydrogen (secondary N) is 1. The summed E-state index contributed by atoms with van der Waals surface area (Å²) in [5.41, 5.74) is 1.30. The van der Waals surface area contributed by atoms with Gasteiger partial charge >= 0.3 is 5.97 Å². The SMILES string of the molecule is COC(=O)c1cc(OC)ccc1NC(=O)COCc1ccccc1Cl. The van der Waals surface area contributed by atoms with Crippen LogP contribution < -0.4 is 10.1 Å². The van der Waals surface area contributed by atoms with E-state index < -0.39 is 11.9 Å². The summed E-state index contributed by atoms with van der Waals surface area (Å²) in [6.07, 6.45) is 0. The van der Waals surface area contributed by atoms with E-state index in [9.17, 15) is 9.59 Å². The van der Waals surface area contributed by atoms with Gasteiger partial charge in [0.05, 0.1) is 32.1 Å². The smallest absolute Gasteiger partial charge is 0.340 e. The van der Waals surface area contributed by atoms with Gasteiger partial charge < -0.3 is 19.5 Å². The first kappa shape index (κ1) is 18.8. The predicted octanol–water partition coefficient (Wildman–Crippen LogP) is 3.29. The molecule has 0 unspecified atom stereocenters. The van der Waals surface area contributed by atoms with Crippen LogP contribution in [0.1, 0.15) is 15.9 Å². The Morgan fingerprint density at radius 2 is 1.88 bits per heavy atom. The lowest BCUT2D eigenvalue weighted by molar-refractivity contribution is -0.121. The molecular weight excluding hydrogens is 346 g/mol. The van der Waals surface area contributed by atoms with Crippen LogP contribution in [0, 0.1) is 0 Å². The molecule has 1 amide bonds. The first-order chi connectivity index (χ1) is 12.0. The maximum absolute atomic E-state index is 12.1. The molecule has 0 aliphatic rings. The van der Waals surface area contributed by atoms with Gasteiger partial charge in [-0.05, 0) is 29.8 Å². The van der Waals surface area contributed by atoms with Crippen LogP contribution >= 0.6 is 11.6 Å². The Hall–Kier alpha value is -2.57. The monoisotopic (exact) mass is 363 g/mol. The number of esters is 1. The molecule has 0 atom stereocenters. The number of ether oxygens (including phenoxy) is 3. The molecule has 0 saturated heterocycles. The third-order valence-corrected chi connectivity index (χ3v) is 3.72. The van der Waals surface area contributed by atoms with Crippen molar-refractivity contribution in [3.8, 4) is 5.75 Å². The normalized spacial score (nSPS) is 10.2. The number of rotatable bonds is 7. The molecule has 132 valence electrons. The quantitative estimate of drug-likeness (QED) is 0.764. The zero-order valence-corrected chi connectivity index (χ0v) is 14.6. The highest BCUT2D eigenvalue weighted by Gasteiger charge is 2.15. The van der Waals surface area contributed by atoms with Crippen LogP contribution in [-0.4, -0.2) is 32.7 Å². The summed E-state index contributed by atoms with van der Waals surface area (Å²) in [5.74, 6) is -0.498. The molecular formula is C18H18ClNO5. The van der Waals surface area contributed by atoms with Gasteiger partial charge in [-0.1, -0.05) is 29.8 Å². The first-order valence-corrected chi connectivity index (χ1v) is 7.80. The molecule has 0 fully saturated rings. The lowest BCUT2D eigenvalue weighted by Crippen LogP contribution is -2.20. The summed E-state index contributed by atoms with van der Waals surface area (Å²) in [6.45, 7) is 0.0252. The zero-order valence-electron chi connectivity index (χ0n) is 13.9. The molecule has 0 saturated carbocycles. The predicted molar refractivity (Wildman–Crippen MR) is 94.1 cm³/mol. The van der Waals surface area contributed by atoms with Crippen molar-refractivity contribution in [1.82, 2.24) is 0 Å². The van der Waals surface area contributed by atoms with E-state index in [4.69, 9.17) is 25.8 Å². The average molecular weight is 364 g/mol. The highest BCUT2D eigenvalue weighted by atomic mass is 35.5. The molecule has 0 aromatic heterocycles. The van der Waals surface area contributed by atoms with Crippen LogP contribution in [0.3, 0.4) is 0 Å². The van der Waals surface area contributed by atoms with Crippen LogP contribution in [0.15, 0.2) is 42.5 Å². The maximum Gasteiger partial charge on any atom is 0.340 e. The van der Waals surface area contributed by atoms with E-state index in [1.165, 1.54) is 20.3 Å². The van der Waals surface area contributed by atoms with Crippen molar-refractivity contribution in [2.75, 3.05) is 26.1 Å². The molecule has 25 heavy (non-hydrogen) atoms. The number of amides is 1. The summed E-state index contributed by atoms with van der Waals surface area (Å²) in [4.78, 5) is 23.9. The summed E-state index contributed by atoms with van der Waals surface area (Å²) < 4.78 is 15.2. The van der Waals surface area contributed by atoms with Crippen LogP contribution in [0.2, 0.25) is 5.02 Å². The van der Waals surface area contributed by atoms with Gasteiger partial charge in [0.25, 0.3) is 0 Å². The van der Waals surface area contributed by atoms with Crippen molar-refractivity contribution < 1.29 is 23.8 Å². The van der Waals surface area contributed by atoms with Crippen LogP contribution in [-0.2, 0) is 20.9 Å². The number of benzene rings is 2. The summed E-state index contributed by atoms with van der Waals surface area (Å²) >= 11 is 6.03. The van der Waals surface area contributed by atoms with Gasteiger partial charge in [-0.15, -0.1) is 0 Å². The van der Waals surface area contributed by atoms with E-state index in [1.54, 1.807) is 18.2 Å². The third kappa shape index (κ3) is 5.20. The molecule has 0 aliphatic heterocycles. The fourth-order valence-electron chi connectivity index (χ4n) is 2.09. The van der Waals surface area contributed by atoms with Crippen molar-refractivity contribution in [2.45, 2.75) is 6.61 Å². The Balaban J connectivity index is 1.98. The van der Waals surface area contributed by atoms with Crippen molar-refractivity contribution in [3.05, 3.63) is 58.6 Å². The number of halogens is 1. The van der Waals surface area contributed by atoms with Crippen molar-refractivity contribution in [3.63, 3.8) is 0 Å². The van der Waals surface area contributed by atoms with Crippen LogP contribution in [0.5, 0.6) is 5.75 Å². The van der Waals surface area contributed by atoms with E-state index >= 15 is 0 Å². The van der Waals surface area contributed by atoms with E-state index in [0.29, 0.717) is 16.5 Å². The topological polar surface area (TPSA) is 73.9 Å². The van der Waals surface area contributed by atoms with Crippen molar-refractivity contribution >= 4 is 29.2 Å². The molecule has 0 radical (unpaired) electrons. The number of carbonyl (C=O) groups is 2. The molecule has 0 bridgehead atoms. The van der Waals surface area contributed by atoms with Crippen molar-refractivity contribution in [1.29, 1.82) is 0 Å². The number of hydrogen-bond donors (Lipinski definition) is 1. The minimum absolute atomic E-state index is 0.183. The average Bonchev–Trinajstić information content (AvgIpc) is 2.63. The first-order valence-electron chi connectivity index (χ1n) is 7.42. The van der Waals surface area contributed by atoms with E-state index in [0.717, 1.165) is 5.56 Å². The third-order valence-electron chi connectivity index (χ3n) is 3.35. The fraction of sp³-hybridized carbons (Fsp3) is 0.222. The molecule has 7 heteroatoms. The molecule has 2 aromatic carbocycles. The molecule has 0 spiro atoms. The standard InChI is InChI=1S/C18H18ClNO5/c1-23-13-7-8-16(14(9-13)18(22)24-2)20-17(21)11-25-10-12-5-3-4-6-15(12)19/h3-9H,10-11H2,1-2H3,(H,20,21). The summed E-state index contributed by atoms with van der Waals surface area (Å²) in [7, 11) is 2.75. The van der Waals surface area contributed by atoms with E-state index in [2.05, 4.69) is 5.32 Å². The largest absolute Gasteiger partial charge is 0.497 e. The number of hydrogen-bond acceptors (Lipinski definition) is 5. The van der Waals surface area contributed by atoms with Crippen LogP contribution in [0.25, 0.3) is 0 Å². The van der Waals surface area contributed by atoms with Gasteiger partial charge in [-0.25, -0.2) is 4.79 Å². The van der Waals surface area contributed by atoms with Gasteiger partial charge in [-0.3, -0.25) is 4.79 Å². The van der Waals surface area contributed by atoms with Gasteiger partial charge in [0, 0.05) is 5.02 Å². The van der Waals surface area contributed by atoms with Gasteiger partial charge in [0.15, 0.2) is 0 Å². The molecule has 1 N–H and O–H groups in total. The molecule has 0 heterocycles. The molecule has 2 aromatic rings. The van der Waals surface area contributed by atoms with Crippen LogP contribution in [0.4, 0.5) is 5.69 Å². The second kappa shape index (κ2) is 9.05. The molecule has 0 aliphatic carbocycles. The van der Waals surface area contributed by atoms with Crippen molar-refractivity contribution in [2.24, 2.45) is 0 Å². The van der Waals surface area contributed by atoms with Gasteiger partial charge in [0.1, 0.15) is 12.4 Å². The summed E-state index contributed by atoms with van der Waals surface area (Å²) in [5, 5.41) is 3.20. The molecule has 6 nitrogen and oxygen atoms in total. The lowest BCUT2D eigenvalue weighted by Gasteiger charge is -2.12. The minimum Gasteiger partial charge on any atom is -0.497 e. The highest BCUT2D eigenvalue weighted by molar-refractivity contribution is 6.31. The fourth-order valence-corrected chi connectivity index (χ4v) is 2.28. The second-order valence-electron chi connectivity index (χ2n) is 5.04. The zero-order chi connectivity index (χ0) is 18.2. The number of carbonyl (C=O) groups excluding carboxylic acids is 2. The lowest BCUT2D eigenvalue weighted by atomic mass is 10.1. The Kier molecular flexibility index (Phi) is 6.80. The molecule has 2 rings (SSSR count). The maximum atomic E-state index is 12.1. The summed E-state index contributed by atoms with van der Waals surface area (Å²) in [6, 6.07) is 11.9. The second-order valence-corrected chi connectivity index (χ2v) is 5.44. The Morgan fingerprint density at radius 3 is 2.56 bits per heavy atom.